The first-order valence-corrected chi connectivity index (χ1v) is 25.6. The Kier molecular flexibility index (Phi) is 21.7. The molecular weight excluding hydrogens is 966 g/mol. The summed E-state index contributed by atoms with van der Waals surface area (Å²) >= 11 is 9.53. The molecule has 1 amide bonds. The molecule has 20 heteroatoms. The number of ether oxygens (including phenoxy) is 4. The third-order valence-corrected chi connectivity index (χ3v) is 14.5. The summed E-state index contributed by atoms with van der Waals surface area (Å²) in [4.78, 5) is 45.0. The van der Waals surface area contributed by atoms with Crippen LogP contribution in [0.5, 0.6) is 0 Å². The highest BCUT2D eigenvalue weighted by Gasteiger charge is 2.34. The van der Waals surface area contributed by atoms with Gasteiger partial charge in [0.1, 0.15) is 17.3 Å². The molecular formula is C51H64ClN9O8S2. The fraction of sp³-hybridized carbons (Fsp3) is 0.431. The van der Waals surface area contributed by atoms with E-state index in [1.54, 1.807) is 41.1 Å². The van der Waals surface area contributed by atoms with Gasteiger partial charge in [0.25, 0.3) is 0 Å². The Bertz CT molecular complexity index is 2630. The molecule has 1 fully saturated rings. The van der Waals surface area contributed by atoms with Crippen LogP contribution in [0, 0.1) is 13.8 Å². The maximum absolute atomic E-state index is 13.1. The number of carboxylic acid groups (broad SMARTS) is 1. The van der Waals surface area contributed by atoms with E-state index in [1.807, 2.05) is 67.8 Å². The molecule has 0 bridgehead atoms. The van der Waals surface area contributed by atoms with E-state index in [0.29, 0.717) is 80.8 Å². The number of rotatable bonds is 24. The average Bonchev–Trinajstić information content (AvgIpc) is 3.87. The number of carboxylic acids is 1. The number of nitrogens with zero attached hydrogens (tertiary/aromatic N) is 7. The van der Waals surface area contributed by atoms with Crippen LogP contribution in [0.3, 0.4) is 0 Å². The zero-order chi connectivity index (χ0) is 50.7. The minimum absolute atomic E-state index is 0.0763. The molecule has 0 aliphatic carbocycles. The molecule has 1 saturated heterocycles. The van der Waals surface area contributed by atoms with E-state index in [4.69, 9.17) is 40.6 Å². The fourth-order valence-electron chi connectivity index (χ4n) is 8.05. The number of aromatic nitrogens is 2. The first-order valence-electron chi connectivity index (χ1n) is 23.6. The number of aliphatic imine (C=N–C) groups is 1. The van der Waals surface area contributed by atoms with Crippen LogP contribution in [0.4, 0.5) is 5.00 Å². The van der Waals surface area contributed by atoms with Gasteiger partial charge in [0.05, 0.1) is 76.0 Å². The second-order valence-corrected chi connectivity index (χ2v) is 19.4. The van der Waals surface area contributed by atoms with Crippen LogP contribution < -0.4 is 15.5 Å². The Labute approximate surface area is 428 Å². The number of nitrogens with one attached hydrogen (secondary N) is 2. The van der Waals surface area contributed by atoms with Gasteiger partial charge in [-0.15, -0.1) is 16.4 Å². The molecule has 5 heterocycles. The lowest BCUT2D eigenvalue weighted by atomic mass is 9.99. The number of pyridine rings is 1. The predicted octanol–water partition coefficient (Wildman–Crippen LogP) is 7.41. The van der Waals surface area contributed by atoms with Crippen molar-refractivity contribution in [2.75, 3.05) is 91.4 Å². The van der Waals surface area contributed by atoms with Crippen molar-refractivity contribution in [3.63, 3.8) is 0 Å². The van der Waals surface area contributed by atoms with Gasteiger partial charge < -0.3 is 39.6 Å². The Balaban J connectivity index is 0.000000243. The van der Waals surface area contributed by atoms with Gasteiger partial charge in [-0.2, -0.15) is 10.2 Å². The van der Waals surface area contributed by atoms with E-state index in [0.717, 1.165) is 87.7 Å². The molecule has 0 radical (unpaired) electrons. The molecule has 2 aliphatic heterocycles. The maximum Gasteiger partial charge on any atom is 0.307 e. The topological polar surface area (TPSA) is 193 Å². The summed E-state index contributed by atoms with van der Waals surface area (Å²) < 4.78 is 25.9. The van der Waals surface area contributed by atoms with Crippen LogP contribution in [0.25, 0.3) is 16.6 Å². The minimum Gasteiger partial charge on any atom is -0.481 e. The van der Waals surface area contributed by atoms with Crippen molar-refractivity contribution in [2.45, 2.75) is 63.5 Å². The van der Waals surface area contributed by atoms with Crippen LogP contribution >= 0.6 is 34.9 Å². The van der Waals surface area contributed by atoms with Crippen LogP contribution in [-0.4, -0.2) is 154 Å². The molecule has 7 rings (SSSR count). The number of piperidine rings is 1. The van der Waals surface area contributed by atoms with Crippen LogP contribution in [0.15, 0.2) is 87.1 Å². The zero-order valence-electron chi connectivity index (χ0n) is 41.0. The highest BCUT2D eigenvalue weighted by molar-refractivity contribution is 7.97. The van der Waals surface area contributed by atoms with E-state index >= 15 is 0 Å². The lowest BCUT2D eigenvalue weighted by Crippen LogP contribution is -2.40. The predicted molar refractivity (Wildman–Crippen MR) is 284 cm³/mol. The van der Waals surface area contributed by atoms with Gasteiger partial charge >= 0.3 is 5.97 Å². The summed E-state index contributed by atoms with van der Waals surface area (Å²) in [6.45, 7) is 16.5. The molecule has 0 unspecified atom stereocenters. The van der Waals surface area contributed by atoms with E-state index in [2.05, 4.69) is 62.6 Å². The number of carbonyl (C=O) groups is 3. The lowest BCUT2D eigenvalue weighted by molar-refractivity contribution is -0.136. The molecule has 3 N–H and O–H groups in total. The lowest BCUT2D eigenvalue weighted by Gasteiger charge is -2.30. The van der Waals surface area contributed by atoms with Gasteiger partial charge in [-0.05, 0) is 99.6 Å². The summed E-state index contributed by atoms with van der Waals surface area (Å²) in [6, 6.07) is 16.6. The highest BCUT2D eigenvalue weighted by atomic mass is 35.5. The third kappa shape index (κ3) is 15.3. The molecule has 71 heavy (non-hydrogen) atoms. The van der Waals surface area contributed by atoms with Crippen molar-refractivity contribution in [3.8, 4) is 11.1 Å². The number of thiophene rings is 1. The molecule has 2 aromatic carbocycles. The van der Waals surface area contributed by atoms with Crippen LogP contribution in [0.1, 0.15) is 63.7 Å². The van der Waals surface area contributed by atoms with Gasteiger partial charge in [0, 0.05) is 89.8 Å². The number of aldehydes is 1. The molecule has 3 aromatic heterocycles. The largest absolute Gasteiger partial charge is 0.481 e. The number of amides is 1. The van der Waals surface area contributed by atoms with E-state index < -0.39 is 12.0 Å². The number of hydrogen-bond donors (Lipinski definition) is 3. The number of amidine groups is 1. The van der Waals surface area contributed by atoms with Gasteiger partial charge in [-0.25, -0.2) is 8.82 Å². The van der Waals surface area contributed by atoms with Crippen molar-refractivity contribution in [1.29, 1.82) is 0 Å². The standard InChI is InChI=1S/C29H41ClN6O4S.C22H23N3O4S/c1-6-36-28(35-32-5)24(19-25(37)33-12-14-39-16-18-40-17-15-38-13-11-31-4)34-27(22-7-9-23(30)10-8-22)26-20(2)21(3)41-29(26)36;1-29-18-5-7-24(8-6-18)30-21-10-15(14-26)2-3-19(21)16-4-9-25-20(11-16)17(13-23-25)12-22(27)28/h7-10,24,31H,5-6,11-19H2,1-4H3,(H,33,37);2-4,9-11,13-14,18H,5-8,12H2,1H3,(H,27,28)/b35-28-;/t24-;/m0./s1. The number of methoxy groups -OCH3 is 1. The highest BCUT2D eigenvalue weighted by Crippen LogP contribution is 2.41. The van der Waals surface area contributed by atoms with Crippen molar-refractivity contribution in [2.24, 2.45) is 15.2 Å². The number of aryl methyl sites for hydroxylation is 1. The molecule has 380 valence electrons. The van der Waals surface area contributed by atoms with Crippen molar-refractivity contribution in [1.82, 2.24) is 24.6 Å². The summed E-state index contributed by atoms with van der Waals surface area (Å²) in [5.74, 6) is -0.451. The summed E-state index contributed by atoms with van der Waals surface area (Å²) in [5.41, 5.74) is 7.95. The quantitative estimate of drug-likeness (QED) is 0.0182. The molecule has 1 atom stereocenters. The van der Waals surface area contributed by atoms with Gasteiger partial charge in [-0.1, -0.05) is 35.9 Å². The summed E-state index contributed by atoms with van der Waals surface area (Å²) in [5, 5.41) is 29.3. The van der Waals surface area contributed by atoms with Gasteiger partial charge in [0.15, 0.2) is 5.84 Å². The Morgan fingerprint density at radius 3 is 2.34 bits per heavy atom. The number of carbonyl (C=O) groups excluding carboxylic acids is 2. The number of benzene rings is 2. The Morgan fingerprint density at radius 1 is 0.986 bits per heavy atom. The molecule has 2 aliphatic rings. The summed E-state index contributed by atoms with van der Waals surface area (Å²) in [7, 11) is 3.64. The number of halogens is 1. The number of likely N-dealkylation sites (N-methyl/N-ethyl adjacent to an activating group) is 2. The summed E-state index contributed by atoms with van der Waals surface area (Å²) in [6.07, 6.45) is 6.58. The van der Waals surface area contributed by atoms with Crippen LogP contribution in [0.2, 0.25) is 5.02 Å². The fourth-order valence-corrected chi connectivity index (χ4v) is 10.6. The number of aliphatic carboxylic acids is 1. The second kappa shape index (κ2) is 28.0. The third-order valence-electron chi connectivity index (χ3n) is 11.9. The van der Waals surface area contributed by atoms with Gasteiger partial charge in [-0.3, -0.25) is 19.4 Å². The van der Waals surface area contributed by atoms with E-state index in [-0.39, 0.29) is 18.7 Å². The van der Waals surface area contributed by atoms with Crippen LogP contribution in [-0.2, 0) is 35.0 Å². The average molecular weight is 1030 g/mol. The molecule has 0 spiro atoms. The van der Waals surface area contributed by atoms with Crippen molar-refractivity contribution >= 4 is 81.8 Å². The number of fused-ring (bicyclic) bond motifs is 2. The molecule has 0 saturated carbocycles. The SMILES string of the molecule is C=N/N=C1/[C@H](CC(=O)NCCOCCOCCOCCNC)N=C(c2ccc(Cl)cc2)c2c(sc(C)c2C)N1CC.COC1CCN(Sc2cc(C=O)ccc2-c2ccn3ncc(CC(=O)O)c3c2)CC1. The first kappa shape index (κ1) is 55.0. The monoisotopic (exact) mass is 1030 g/mol. The molecule has 5 aromatic rings. The molecule has 17 nitrogen and oxygen atoms in total. The van der Waals surface area contributed by atoms with E-state index in [1.165, 1.54) is 4.88 Å². The Morgan fingerprint density at radius 2 is 1.69 bits per heavy atom. The van der Waals surface area contributed by atoms with Crippen molar-refractivity contribution in [3.05, 3.63) is 105 Å². The normalized spacial score (nSPS) is 15.7. The van der Waals surface area contributed by atoms with E-state index in [9.17, 15) is 14.4 Å². The van der Waals surface area contributed by atoms with Gasteiger partial charge in [0.2, 0.25) is 5.91 Å². The minimum atomic E-state index is -0.888. The number of hydrogen-bond acceptors (Lipinski definition) is 15. The first-order chi connectivity index (χ1) is 34.5. The zero-order valence-corrected chi connectivity index (χ0v) is 43.4. The smallest absolute Gasteiger partial charge is 0.307 e. The van der Waals surface area contributed by atoms with Crippen molar-refractivity contribution < 1.29 is 38.4 Å². The number of anilines is 1. The maximum atomic E-state index is 13.1. The second-order valence-electron chi connectivity index (χ2n) is 16.6. The Hall–Kier alpha value is -5.35.